The maximum absolute atomic E-state index is 12.0. The number of phenolic OH excluding ortho intramolecular Hbond substituents is 3. The molecule has 0 aliphatic rings. The minimum Gasteiger partial charge on any atom is -0.507 e. The molecule has 0 aliphatic heterocycles. The van der Waals surface area contributed by atoms with Gasteiger partial charge in [0.05, 0.1) is 16.7 Å². The van der Waals surface area contributed by atoms with Crippen LogP contribution in [0.15, 0.2) is 42.5 Å². The van der Waals surface area contributed by atoms with Crippen LogP contribution in [0.1, 0.15) is 117 Å². The molecule has 0 heterocycles. The molecule has 0 amide bonds. The summed E-state index contributed by atoms with van der Waals surface area (Å²) >= 11 is 0. The molecule has 6 nitrogen and oxygen atoms in total. The molecule has 43 heavy (non-hydrogen) atoms. The highest BCUT2D eigenvalue weighted by Crippen LogP contribution is 2.43. The Hall–Kier alpha value is -4.71. The summed E-state index contributed by atoms with van der Waals surface area (Å²) in [6.45, 7) is 12.8. The molecule has 222 valence electrons. The van der Waals surface area contributed by atoms with Gasteiger partial charge in [-0.25, -0.2) is 0 Å². The molecule has 0 spiro atoms. The molecular weight excluding hydrogens is 540 g/mol. The number of aldehydes is 3. The second-order valence-electron chi connectivity index (χ2n) is 11.4. The summed E-state index contributed by atoms with van der Waals surface area (Å²) in [6.07, 6.45) is 2.79. The van der Waals surface area contributed by atoms with Crippen LogP contribution in [0.2, 0.25) is 0 Å². The van der Waals surface area contributed by atoms with Crippen LogP contribution in [-0.2, 0) is 0 Å². The van der Waals surface area contributed by atoms with Crippen molar-refractivity contribution in [1.29, 1.82) is 0 Å². The molecule has 6 heteroatoms. The molecule has 0 saturated carbocycles. The van der Waals surface area contributed by atoms with Crippen LogP contribution in [0.25, 0.3) is 0 Å². The van der Waals surface area contributed by atoms with Crippen molar-refractivity contribution >= 4 is 18.9 Å². The van der Waals surface area contributed by atoms with E-state index in [2.05, 4.69) is 6.92 Å². The Morgan fingerprint density at radius 2 is 0.884 bits per heavy atom. The van der Waals surface area contributed by atoms with Crippen molar-refractivity contribution in [3.05, 3.63) is 120 Å². The fraction of sp³-hybridized carbons (Fsp3) is 0.270. The highest BCUT2D eigenvalue weighted by Gasteiger charge is 2.27. The van der Waals surface area contributed by atoms with Gasteiger partial charge in [0.15, 0.2) is 18.9 Å². The Kier molecular flexibility index (Phi) is 8.90. The topological polar surface area (TPSA) is 112 Å². The maximum atomic E-state index is 12.0. The molecular formula is C37H38O6. The molecule has 4 aromatic carbocycles. The van der Waals surface area contributed by atoms with E-state index < -0.39 is 5.92 Å². The molecule has 4 aromatic rings. The zero-order valence-corrected chi connectivity index (χ0v) is 25.7. The third kappa shape index (κ3) is 5.34. The first kappa shape index (κ1) is 31.2. The first-order valence-electron chi connectivity index (χ1n) is 14.4. The number of carbonyl (C=O) groups excluding carboxylic acids is 3. The fourth-order valence-electron chi connectivity index (χ4n) is 6.34. The van der Waals surface area contributed by atoms with Crippen LogP contribution < -0.4 is 0 Å². The molecule has 3 N–H and O–H groups in total. The highest BCUT2D eigenvalue weighted by atomic mass is 16.3. The zero-order valence-electron chi connectivity index (χ0n) is 25.7. The number of phenols is 3. The molecule has 1 atom stereocenters. The van der Waals surface area contributed by atoms with Crippen molar-refractivity contribution in [2.75, 3.05) is 0 Å². The van der Waals surface area contributed by atoms with Crippen molar-refractivity contribution in [2.24, 2.45) is 0 Å². The van der Waals surface area contributed by atoms with Gasteiger partial charge in [-0.15, -0.1) is 0 Å². The molecule has 0 bridgehead atoms. The third-order valence-electron chi connectivity index (χ3n) is 8.94. The average molecular weight is 579 g/mol. The number of aromatic hydroxyl groups is 3. The largest absolute Gasteiger partial charge is 0.507 e. The van der Waals surface area contributed by atoms with Gasteiger partial charge >= 0.3 is 0 Å². The van der Waals surface area contributed by atoms with Crippen LogP contribution in [0.5, 0.6) is 17.2 Å². The number of hydrogen-bond acceptors (Lipinski definition) is 6. The third-order valence-corrected chi connectivity index (χ3v) is 8.94. The van der Waals surface area contributed by atoms with Crippen LogP contribution in [-0.4, -0.2) is 34.2 Å². The van der Waals surface area contributed by atoms with Gasteiger partial charge in [-0.2, -0.15) is 0 Å². The fourth-order valence-corrected chi connectivity index (χ4v) is 6.34. The van der Waals surface area contributed by atoms with E-state index in [0.29, 0.717) is 52.2 Å². The number of carbonyl (C=O) groups is 3. The van der Waals surface area contributed by atoms with Gasteiger partial charge in [-0.1, -0.05) is 49.4 Å². The van der Waals surface area contributed by atoms with E-state index in [1.165, 1.54) is 0 Å². The van der Waals surface area contributed by atoms with Gasteiger partial charge in [-0.05, 0) is 109 Å². The Labute approximate surface area is 252 Å². The SMILES string of the molecule is CCC(c1ccc(C(c2cc(C)c(O)c(C=O)c2C)c2cc(C)c(O)c(C=O)c2C)cc1)c1cc(C)c(O)c(C=O)c1C. The van der Waals surface area contributed by atoms with Crippen molar-refractivity contribution in [2.45, 2.75) is 66.7 Å². The van der Waals surface area contributed by atoms with Crippen LogP contribution >= 0.6 is 0 Å². The maximum Gasteiger partial charge on any atom is 0.154 e. The zero-order chi connectivity index (χ0) is 31.7. The molecule has 0 radical (unpaired) electrons. The number of hydrogen-bond donors (Lipinski definition) is 3. The minimum absolute atomic E-state index is 0.00722. The molecule has 0 aromatic heterocycles. The van der Waals surface area contributed by atoms with E-state index in [9.17, 15) is 29.7 Å². The predicted molar refractivity (Wildman–Crippen MR) is 168 cm³/mol. The number of aryl methyl sites for hydroxylation is 3. The predicted octanol–water partition coefficient (Wildman–Crippen LogP) is 7.81. The highest BCUT2D eigenvalue weighted by molar-refractivity contribution is 5.85. The lowest BCUT2D eigenvalue weighted by Crippen LogP contribution is -2.12. The minimum atomic E-state index is -0.413. The van der Waals surface area contributed by atoms with Gasteiger partial charge < -0.3 is 15.3 Å². The summed E-state index contributed by atoms with van der Waals surface area (Å²) in [5, 5.41) is 31.7. The van der Waals surface area contributed by atoms with E-state index in [1.807, 2.05) is 49.4 Å². The summed E-state index contributed by atoms with van der Waals surface area (Å²) in [5.41, 5.74) is 9.05. The molecule has 0 aliphatic carbocycles. The monoisotopic (exact) mass is 578 g/mol. The lowest BCUT2D eigenvalue weighted by molar-refractivity contribution is 0.111. The first-order valence-corrected chi connectivity index (χ1v) is 14.4. The van der Waals surface area contributed by atoms with Gasteiger partial charge in [-0.3, -0.25) is 14.4 Å². The number of benzene rings is 4. The Bertz CT molecular complexity index is 1680. The average Bonchev–Trinajstić information content (AvgIpc) is 2.99. The van der Waals surface area contributed by atoms with Gasteiger partial charge in [0.2, 0.25) is 0 Å². The second-order valence-corrected chi connectivity index (χ2v) is 11.4. The van der Waals surface area contributed by atoms with E-state index >= 15 is 0 Å². The van der Waals surface area contributed by atoms with Crippen molar-refractivity contribution in [3.63, 3.8) is 0 Å². The lowest BCUT2D eigenvalue weighted by atomic mass is 9.77. The Morgan fingerprint density at radius 1 is 0.558 bits per heavy atom. The molecule has 0 fully saturated rings. The van der Waals surface area contributed by atoms with Crippen molar-refractivity contribution < 1.29 is 29.7 Å². The summed E-state index contributed by atoms with van der Waals surface area (Å²) in [4.78, 5) is 35.9. The second kappa shape index (κ2) is 12.3. The van der Waals surface area contributed by atoms with Crippen LogP contribution in [0.4, 0.5) is 0 Å². The van der Waals surface area contributed by atoms with E-state index in [4.69, 9.17) is 0 Å². The quantitative estimate of drug-likeness (QED) is 0.138. The molecule has 0 saturated heterocycles. The van der Waals surface area contributed by atoms with Gasteiger partial charge in [0.1, 0.15) is 17.2 Å². The summed E-state index contributed by atoms with van der Waals surface area (Å²) in [5.74, 6) is -0.545. The van der Waals surface area contributed by atoms with E-state index in [-0.39, 0.29) is 34.3 Å². The number of rotatable bonds is 9. The Morgan fingerprint density at radius 3 is 1.23 bits per heavy atom. The Balaban J connectivity index is 1.96. The van der Waals surface area contributed by atoms with Crippen molar-refractivity contribution in [3.8, 4) is 17.2 Å². The van der Waals surface area contributed by atoms with Crippen LogP contribution in [0.3, 0.4) is 0 Å². The summed E-state index contributed by atoms with van der Waals surface area (Å²) in [7, 11) is 0. The van der Waals surface area contributed by atoms with E-state index in [1.54, 1.807) is 34.6 Å². The summed E-state index contributed by atoms with van der Waals surface area (Å²) < 4.78 is 0. The molecule has 1 unspecified atom stereocenters. The summed E-state index contributed by atoms with van der Waals surface area (Å²) in [6, 6.07) is 13.8. The lowest BCUT2D eigenvalue weighted by Gasteiger charge is -2.27. The van der Waals surface area contributed by atoms with Crippen molar-refractivity contribution in [1.82, 2.24) is 0 Å². The first-order chi connectivity index (χ1) is 20.4. The standard InChI is InChI=1S/C37H38O6/c1-8-27(28-13-19(2)35(41)31(16-38)22(28)5)25-9-11-26(12-10-25)34(29-14-20(3)36(42)32(17-39)23(29)6)30-15-21(4)37(43)33(18-40)24(30)7/h9-18,27,34,41-43H,8H2,1-7H3. The van der Waals surface area contributed by atoms with E-state index in [0.717, 1.165) is 39.8 Å². The smallest absolute Gasteiger partial charge is 0.154 e. The van der Waals surface area contributed by atoms with Gasteiger partial charge in [0, 0.05) is 11.8 Å². The van der Waals surface area contributed by atoms with Gasteiger partial charge in [0.25, 0.3) is 0 Å². The molecule has 4 rings (SSSR count). The normalized spacial score (nSPS) is 11.9. The van der Waals surface area contributed by atoms with Crippen LogP contribution in [0, 0.1) is 41.5 Å².